The highest BCUT2D eigenvalue weighted by Crippen LogP contribution is 2.38. The van der Waals surface area contributed by atoms with Gasteiger partial charge in [0.2, 0.25) is 0 Å². The van der Waals surface area contributed by atoms with Gasteiger partial charge >= 0.3 is 0 Å². The van der Waals surface area contributed by atoms with Gasteiger partial charge in [0.25, 0.3) is 0 Å². The van der Waals surface area contributed by atoms with Crippen LogP contribution in [0.4, 0.5) is 0 Å². The molecule has 3 aromatic rings. The van der Waals surface area contributed by atoms with Gasteiger partial charge in [-0.2, -0.15) is 0 Å². The van der Waals surface area contributed by atoms with Gasteiger partial charge in [0, 0.05) is 16.8 Å². The van der Waals surface area contributed by atoms with E-state index >= 15 is 0 Å². The van der Waals surface area contributed by atoms with Crippen molar-refractivity contribution in [2.24, 2.45) is 0 Å². The van der Waals surface area contributed by atoms with Crippen molar-refractivity contribution in [1.82, 2.24) is 0 Å². The van der Waals surface area contributed by atoms with Gasteiger partial charge in [0.15, 0.2) is 0 Å². The summed E-state index contributed by atoms with van der Waals surface area (Å²) < 4.78 is 5.85. The largest absolute Gasteiger partial charge is 0.465 e. The van der Waals surface area contributed by atoms with Crippen LogP contribution >= 0.6 is 27.5 Å². The quantitative estimate of drug-likeness (QED) is 0.518. The standard InChI is InChI=1S/C17H14BrClO/c1-2-11-7-10-16(20-11)17(18)14-8-9-15(19)13-6-4-3-5-12(13)14/h3-10,17H,2H2,1H3. The number of rotatable bonds is 3. The summed E-state index contributed by atoms with van der Waals surface area (Å²) in [7, 11) is 0. The third-order valence-electron chi connectivity index (χ3n) is 3.46. The van der Waals surface area contributed by atoms with E-state index in [9.17, 15) is 0 Å². The molecule has 1 unspecified atom stereocenters. The molecule has 0 aliphatic rings. The van der Waals surface area contributed by atoms with Crippen LogP contribution in [0, 0.1) is 0 Å². The molecule has 0 bridgehead atoms. The summed E-state index contributed by atoms with van der Waals surface area (Å²) in [4.78, 5) is 0.0324. The van der Waals surface area contributed by atoms with Gasteiger partial charge in [-0.3, -0.25) is 0 Å². The molecule has 1 nitrogen and oxygen atoms in total. The van der Waals surface area contributed by atoms with Crippen molar-refractivity contribution in [3.63, 3.8) is 0 Å². The van der Waals surface area contributed by atoms with Gasteiger partial charge in [0.05, 0.1) is 4.83 Å². The second-order valence-corrected chi connectivity index (χ2v) is 6.03. The van der Waals surface area contributed by atoms with Crippen LogP contribution in [0.3, 0.4) is 0 Å². The SMILES string of the molecule is CCc1ccc(C(Br)c2ccc(Cl)c3ccccc23)o1. The van der Waals surface area contributed by atoms with E-state index in [1.165, 1.54) is 5.56 Å². The number of furan rings is 1. The first kappa shape index (κ1) is 13.7. The highest BCUT2D eigenvalue weighted by atomic mass is 79.9. The highest BCUT2D eigenvalue weighted by molar-refractivity contribution is 9.09. The normalized spacial score (nSPS) is 12.8. The summed E-state index contributed by atoms with van der Waals surface area (Å²) in [6.45, 7) is 2.09. The van der Waals surface area contributed by atoms with Gasteiger partial charge in [-0.1, -0.05) is 64.8 Å². The Bertz CT molecular complexity index is 748. The van der Waals surface area contributed by atoms with Crippen molar-refractivity contribution >= 4 is 38.3 Å². The molecule has 0 saturated heterocycles. The van der Waals surface area contributed by atoms with E-state index in [1.807, 2.05) is 36.4 Å². The Morgan fingerprint density at radius 3 is 2.50 bits per heavy atom. The Morgan fingerprint density at radius 1 is 1.05 bits per heavy atom. The third kappa shape index (κ3) is 2.38. The van der Waals surface area contributed by atoms with Crippen molar-refractivity contribution in [1.29, 1.82) is 0 Å². The molecule has 3 heteroatoms. The average molecular weight is 350 g/mol. The molecule has 20 heavy (non-hydrogen) atoms. The van der Waals surface area contributed by atoms with E-state index in [0.717, 1.165) is 33.7 Å². The zero-order valence-corrected chi connectivity index (χ0v) is 13.4. The summed E-state index contributed by atoms with van der Waals surface area (Å²) in [6, 6.07) is 16.2. The fourth-order valence-corrected chi connectivity index (χ4v) is 3.25. The van der Waals surface area contributed by atoms with Crippen molar-refractivity contribution in [3.05, 3.63) is 70.6 Å². The predicted octanol–water partition coefficient (Wildman–Crippen LogP) is 6.13. The van der Waals surface area contributed by atoms with E-state index in [0.29, 0.717) is 0 Å². The first-order valence-corrected chi connectivity index (χ1v) is 7.90. The average Bonchev–Trinajstić information content (AvgIpc) is 2.96. The second kappa shape index (κ2) is 5.63. The molecule has 1 atom stereocenters. The fraction of sp³-hybridized carbons (Fsp3) is 0.176. The minimum Gasteiger partial charge on any atom is -0.465 e. The second-order valence-electron chi connectivity index (χ2n) is 4.70. The molecule has 0 spiro atoms. The number of aryl methyl sites for hydroxylation is 1. The van der Waals surface area contributed by atoms with E-state index in [1.54, 1.807) is 0 Å². The number of hydrogen-bond acceptors (Lipinski definition) is 1. The van der Waals surface area contributed by atoms with Crippen LogP contribution in [-0.4, -0.2) is 0 Å². The molecule has 0 aliphatic heterocycles. The lowest BCUT2D eigenvalue weighted by Crippen LogP contribution is -1.93. The van der Waals surface area contributed by atoms with Crippen LogP contribution in [0.15, 0.2) is 52.9 Å². The number of fused-ring (bicyclic) bond motifs is 1. The summed E-state index contributed by atoms with van der Waals surface area (Å²) >= 11 is 10.0. The van der Waals surface area contributed by atoms with Crippen LogP contribution < -0.4 is 0 Å². The number of benzene rings is 2. The van der Waals surface area contributed by atoms with Gasteiger partial charge in [-0.25, -0.2) is 0 Å². The first-order chi connectivity index (χ1) is 9.70. The zero-order chi connectivity index (χ0) is 14.1. The van der Waals surface area contributed by atoms with Crippen molar-refractivity contribution in [3.8, 4) is 0 Å². The summed E-state index contributed by atoms with van der Waals surface area (Å²) in [6.07, 6.45) is 0.904. The molecule has 0 aliphatic carbocycles. The van der Waals surface area contributed by atoms with Crippen LogP contribution in [0.25, 0.3) is 10.8 Å². The van der Waals surface area contributed by atoms with Crippen molar-refractivity contribution in [2.75, 3.05) is 0 Å². The predicted molar refractivity (Wildman–Crippen MR) is 87.8 cm³/mol. The maximum Gasteiger partial charge on any atom is 0.122 e. The molecule has 1 heterocycles. The van der Waals surface area contributed by atoms with Gasteiger partial charge in [-0.05, 0) is 29.1 Å². The molecule has 2 aromatic carbocycles. The van der Waals surface area contributed by atoms with E-state index in [-0.39, 0.29) is 4.83 Å². The lowest BCUT2D eigenvalue weighted by Gasteiger charge is -2.12. The minimum absolute atomic E-state index is 0.0324. The molecule has 0 radical (unpaired) electrons. The molecule has 0 N–H and O–H groups in total. The van der Waals surface area contributed by atoms with Crippen LogP contribution in [0.2, 0.25) is 5.02 Å². The monoisotopic (exact) mass is 348 g/mol. The molecule has 0 saturated carbocycles. The molecular formula is C17H14BrClO. The van der Waals surface area contributed by atoms with Gasteiger partial charge < -0.3 is 4.42 Å². The van der Waals surface area contributed by atoms with Crippen molar-refractivity contribution in [2.45, 2.75) is 18.2 Å². The Labute approximate surface area is 131 Å². The van der Waals surface area contributed by atoms with Gasteiger partial charge in [-0.15, -0.1) is 0 Å². The fourth-order valence-electron chi connectivity index (χ4n) is 2.38. The lowest BCUT2D eigenvalue weighted by molar-refractivity contribution is 0.477. The third-order valence-corrected chi connectivity index (χ3v) is 4.73. The lowest BCUT2D eigenvalue weighted by atomic mass is 10.0. The summed E-state index contributed by atoms with van der Waals surface area (Å²) in [5.41, 5.74) is 1.17. The van der Waals surface area contributed by atoms with E-state index < -0.39 is 0 Å². The smallest absolute Gasteiger partial charge is 0.122 e. The molecular weight excluding hydrogens is 336 g/mol. The van der Waals surface area contributed by atoms with Crippen LogP contribution in [0.5, 0.6) is 0 Å². The Balaban J connectivity index is 2.12. The molecule has 3 rings (SSSR count). The molecule has 102 valence electrons. The number of halogens is 2. The van der Waals surface area contributed by atoms with Crippen LogP contribution in [0.1, 0.15) is 28.8 Å². The Morgan fingerprint density at radius 2 is 1.80 bits per heavy atom. The molecule has 0 fully saturated rings. The zero-order valence-electron chi connectivity index (χ0n) is 11.1. The minimum atomic E-state index is 0.0324. The summed E-state index contributed by atoms with van der Waals surface area (Å²) in [5.74, 6) is 1.93. The van der Waals surface area contributed by atoms with Crippen molar-refractivity contribution < 1.29 is 4.42 Å². The molecule has 0 amide bonds. The number of hydrogen-bond donors (Lipinski definition) is 0. The number of alkyl halides is 1. The van der Waals surface area contributed by atoms with Crippen LogP contribution in [-0.2, 0) is 6.42 Å². The van der Waals surface area contributed by atoms with Gasteiger partial charge in [0.1, 0.15) is 11.5 Å². The summed E-state index contributed by atoms with van der Waals surface area (Å²) in [5, 5.41) is 2.99. The maximum absolute atomic E-state index is 6.27. The molecule has 1 aromatic heterocycles. The highest BCUT2D eigenvalue weighted by Gasteiger charge is 2.17. The van der Waals surface area contributed by atoms with E-state index in [2.05, 4.69) is 35.0 Å². The Kier molecular flexibility index (Phi) is 3.86. The first-order valence-electron chi connectivity index (χ1n) is 6.60. The maximum atomic E-state index is 6.27. The van der Waals surface area contributed by atoms with E-state index in [4.69, 9.17) is 16.0 Å². The topological polar surface area (TPSA) is 13.1 Å². The Hall–Kier alpha value is -1.25.